The van der Waals surface area contributed by atoms with E-state index in [0.717, 1.165) is 5.56 Å². The molecule has 0 saturated heterocycles. The normalized spacial score (nSPS) is 10.9. The number of amides is 2. The van der Waals surface area contributed by atoms with Gasteiger partial charge in [-0.15, -0.1) is 0 Å². The van der Waals surface area contributed by atoms with Gasteiger partial charge in [-0.3, -0.25) is 10.1 Å². The Bertz CT molecular complexity index is 478. The zero-order valence-corrected chi connectivity index (χ0v) is 12.2. The molecule has 0 unspecified atom stereocenters. The van der Waals surface area contributed by atoms with E-state index in [-0.39, 0.29) is 5.91 Å². The maximum Gasteiger partial charge on any atom is 0.412 e. The third-order valence-electron chi connectivity index (χ3n) is 2.52. The van der Waals surface area contributed by atoms with Gasteiger partial charge in [0, 0.05) is 12.1 Å². The molecule has 1 rings (SSSR count). The lowest BCUT2D eigenvalue weighted by atomic mass is 10.1. The molecule has 5 nitrogen and oxygen atoms in total. The van der Waals surface area contributed by atoms with Crippen LogP contribution in [0.25, 0.3) is 0 Å². The summed E-state index contributed by atoms with van der Waals surface area (Å²) in [6.07, 6.45) is 1.18. The predicted molar refractivity (Wildman–Crippen MR) is 78.4 cm³/mol. The first-order valence-electron chi connectivity index (χ1n) is 6.64. The van der Waals surface area contributed by atoms with Crippen LogP contribution in [0.15, 0.2) is 24.3 Å². The van der Waals surface area contributed by atoms with Crippen LogP contribution >= 0.6 is 0 Å². The van der Waals surface area contributed by atoms with E-state index in [9.17, 15) is 9.59 Å². The molecule has 0 heterocycles. The van der Waals surface area contributed by atoms with Gasteiger partial charge in [-0.25, -0.2) is 4.79 Å². The van der Waals surface area contributed by atoms with Crippen molar-refractivity contribution in [2.24, 2.45) is 5.73 Å². The quantitative estimate of drug-likeness (QED) is 0.869. The van der Waals surface area contributed by atoms with E-state index in [4.69, 9.17) is 10.5 Å². The lowest BCUT2D eigenvalue weighted by Gasteiger charge is -2.20. The van der Waals surface area contributed by atoms with Crippen LogP contribution in [0.5, 0.6) is 0 Å². The summed E-state index contributed by atoms with van der Waals surface area (Å²) < 4.78 is 5.22. The fourth-order valence-corrected chi connectivity index (χ4v) is 1.73. The predicted octanol–water partition coefficient (Wildman–Crippen LogP) is 2.84. The van der Waals surface area contributed by atoms with Gasteiger partial charge in [0.15, 0.2) is 0 Å². The molecule has 0 saturated carbocycles. The minimum Gasteiger partial charge on any atom is -0.444 e. The van der Waals surface area contributed by atoms with E-state index in [0.29, 0.717) is 24.9 Å². The SMILES string of the molecule is CC(C)(C)OC(=O)Nc1ccccc1CCCC(N)=O. The van der Waals surface area contributed by atoms with Crippen molar-refractivity contribution in [3.8, 4) is 0 Å². The second kappa shape index (κ2) is 6.93. The summed E-state index contributed by atoms with van der Waals surface area (Å²) in [6.45, 7) is 5.43. The molecule has 110 valence electrons. The van der Waals surface area contributed by atoms with Crippen LogP contribution in [0.1, 0.15) is 39.2 Å². The molecule has 20 heavy (non-hydrogen) atoms. The summed E-state index contributed by atoms with van der Waals surface area (Å²) in [6, 6.07) is 7.45. The molecule has 1 aromatic rings. The highest BCUT2D eigenvalue weighted by Gasteiger charge is 2.17. The lowest BCUT2D eigenvalue weighted by molar-refractivity contribution is -0.118. The monoisotopic (exact) mass is 278 g/mol. The van der Waals surface area contributed by atoms with Gasteiger partial charge in [-0.05, 0) is 45.2 Å². The van der Waals surface area contributed by atoms with Gasteiger partial charge in [0.05, 0.1) is 0 Å². The zero-order valence-electron chi connectivity index (χ0n) is 12.2. The Morgan fingerprint density at radius 1 is 1.25 bits per heavy atom. The molecule has 1 aromatic carbocycles. The molecule has 0 radical (unpaired) electrons. The average molecular weight is 278 g/mol. The Hall–Kier alpha value is -2.04. The van der Waals surface area contributed by atoms with Crippen LogP contribution in [-0.4, -0.2) is 17.6 Å². The van der Waals surface area contributed by atoms with Crippen LogP contribution in [0.2, 0.25) is 0 Å². The van der Waals surface area contributed by atoms with E-state index < -0.39 is 11.7 Å². The maximum atomic E-state index is 11.8. The second-order valence-corrected chi connectivity index (χ2v) is 5.60. The Labute approximate surface area is 119 Å². The van der Waals surface area contributed by atoms with E-state index in [1.165, 1.54) is 0 Å². The van der Waals surface area contributed by atoms with Crippen molar-refractivity contribution in [2.75, 3.05) is 5.32 Å². The van der Waals surface area contributed by atoms with E-state index in [1.807, 2.05) is 45.0 Å². The first-order chi connectivity index (χ1) is 9.28. The van der Waals surface area contributed by atoms with Gasteiger partial charge < -0.3 is 10.5 Å². The summed E-state index contributed by atoms with van der Waals surface area (Å²) in [5.74, 6) is -0.317. The van der Waals surface area contributed by atoms with Crippen LogP contribution in [-0.2, 0) is 16.0 Å². The molecule has 0 bridgehead atoms. The van der Waals surface area contributed by atoms with Gasteiger partial charge >= 0.3 is 6.09 Å². The Morgan fingerprint density at radius 3 is 2.50 bits per heavy atom. The zero-order chi connectivity index (χ0) is 15.2. The van der Waals surface area contributed by atoms with Crippen molar-refractivity contribution in [1.82, 2.24) is 0 Å². The Kier molecular flexibility index (Phi) is 5.55. The first-order valence-corrected chi connectivity index (χ1v) is 6.64. The molecule has 0 fully saturated rings. The van der Waals surface area contributed by atoms with Crippen LogP contribution in [0.3, 0.4) is 0 Å². The largest absolute Gasteiger partial charge is 0.444 e. The third kappa shape index (κ3) is 6.22. The van der Waals surface area contributed by atoms with E-state index in [1.54, 1.807) is 0 Å². The van der Waals surface area contributed by atoms with Crippen molar-refractivity contribution in [2.45, 2.75) is 45.6 Å². The number of hydrogen-bond acceptors (Lipinski definition) is 3. The third-order valence-corrected chi connectivity index (χ3v) is 2.52. The van der Waals surface area contributed by atoms with Gasteiger partial charge in [0.2, 0.25) is 5.91 Å². The lowest BCUT2D eigenvalue weighted by Crippen LogP contribution is -2.27. The van der Waals surface area contributed by atoms with Crippen molar-refractivity contribution in [1.29, 1.82) is 0 Å². The van der Waals surface area contributed by atoms with Crippen LogP contribution in [0, 0.1) is 0 Å². The van der Waals surface area contributed by atoms with Gasteiger partial charge in [0.1, 0.15) is 5.60 Å². The summed E-state index contributed by atoms with van der Waals surface area (Å²) in [5.41, 5.74) is 6.24. The molecular weight excluding hydrogens is 256 g/mol. The van der Waals surface area contributed by atoms with Crippen molar-refractivity contribution >= 4 is 17.7 Å². The highest BCUT2D eigenvalue weighted by atomic mass is 16.6. The molecule has 5 heteroatoms. The summed E-state index contributed by atoms with van der Waals surface area (Å²) in [7, 11) is 0. The number of carbonyl (C=O) groups is 2. The van der Waals surface area contributed by atoms with Crippen molar-refractivity contribution in [3.05, 3.63) is 29.8 Å². The Balaban J connectivity index is 2.65. The number of ether oxygens (including phenoxy) is 1. The topological polar surface area (TPSA) is 81.4 Å². The number of anilines is 1. The number of primary amides is 1. The minimum absolute atomic E-state index is 0.317. The fourth-order valence-electron chi connectivity index (χ4n) is 1.73. The smallest absolute Gasteiger partial charge is 0.412 e. The number of nitrogens with one attached hydrogen (secondary N) is 1. The molecule has 0 atom stereocenters. The molecule has 0 spiro atoms. The number of para-hydroxylation sites is 1. The fraction of sp³-hybridized carbons (Fsp3) is 0.467. The van der Waals surface area contributed by atoms with E-state index >= 15 is 0 Å². The summed E-state index contributed by atoms with van der Waals surface area (Å²) >= 11 is 0. The van der Waals surface area contributed by atoms with Crippen molar-refractivity contribution in [3.63, 3.8) is 0 Å². The highest BCUT2D eigenvalue weighted by Crippen LogP contribution is 2.18. The average Bonchev–Trinajstić information content (AvgIpc) is 2.28. The number of carbonyl (C=O) groups excluding carboxylic acids is 2. The van der Waals surface area contributed by atoms with E-state index in [2.05, 4.69) is 5.32 Å². The number of nitrogens with two attached hydrogens (primary N) is 1. The number of hydrogen-bond donors (Lipinski definition) is 2. The second-order valence-electron chi connectivity index (χ2n) is 5.60. The molecule has 3 N–H and O–H groups in total. The molecule has 0 aliphatic rings. The van der Waals surface area contributed by atoms with Gasteiger partial charge in [-0.2, -0.15) is 0 Å². The standard InChI is InChI=1S/C15H22N2O3/c1-15(2,3)20-14(19)17-12-9-5-4-7-11(12)8-6-10-13(16)18/h4-5,7,9H,6,8,10H2,1-3H3,(H2,16,18)(H,17,19). The summed E-state index contributed by atoms with van der Waals surface area (Å²) in [4.78, 5) is 22.5. The molecule has 0 aliphatic heterocycles. The van der Waals surface area contributed by atoms with Gasteiger partial charge in [-0.1, -0.05) is 18.2 Å². The number of aryl methyl sites for hydroxylation is 1. The molecule has 0 aromatic heterocycles. The maximum absolute atomic E-state index is 11.8. The van der Waals surface area contributed by atoms with Crippen LogP contribution in [0.4, 0.5) is 10.5 Å². The first kappa shape index (κ1) is 16.0. The van der Waals surface area contributed by atoms with Crippen molar-refractivity contribution < 1.29 is 14.3 Å². The molecular formula is C15H22N2O3. The Morgan fingerprint density at radius 2 is 1.90 bits per heavy atom. The minimum atomic E-state index is -0.537. The number of rotatable bonds is 5. The number of benzene rings is 1. The molecule has 0 aliphatic carbocycles. The summed E-state index contributed by atoms with van der Waals surface area (Å²) in [5, 5.41) is 2.73. The van der Waals surface area contributed by atoms with Gasteiger partial charge in [0.25, 0.3) is 0 Å². The van der Waals surface area contributed by atoms with Crippen LogP contribution < -0.4 is 11.1 Å². The highest BCUT2D eigenvalue weighted by molar-refractivity contribution is 5.86. The molecule has 2 amide bonds.